The van der Waals surface area contributed by atoms with Crippen molar-refractivity contribution in [1.82, 2.24) is 14.9 Å². The van der Waals surface area contributed by atoms with E-state index in [1.165, 1.54) is 0 Å². The number of aryl methyl sites for hydroxylation is 1. The van der Waals surface area contributed by atoms with Crippen LogP contribution < -0.4 is 14.8 Å². The van der Waals surface area contributed by atoms with Crippen molar-refractivity contribution >= 4 is 5.91 Å². The van der Waals surface area contributed by atoms with Crippen LogP contribution in [0.25, 0.3) is 0 Å². The minimum Gasteiger partial charge on any atom is -0.497 e. The van der Waals surface area contributed by atoms with Crippen LogP contribution in [-0.2, 0) is 18.3 Å². The minimum atomic E-state index is -0.417. The lowest BCUT2D eigenvalue weighted by atomic mass is 10.0. The van der Waals surface area contributed by atoms with Gasteiger partial charge in [-0.3, -0.25) is 4.79 Å². The highest BCUT2D eigenvalue weighted by atomic mass is 16.5. The summed E-state index contributed by atoms with van der Waals surface area (Å²) in [6, 6.07) is 14.7. The van der Waals surface area contributed by atoms with Crippen LogP contribution in [-0.4, -0.2) is 29.7 Å². The number of nitrogens with one attached hydrogen (secondary N) is 1. The Hall–Kier alpha value is -3.28. The summed E-state index contributed by atoms with van der Waals surface area (Å²) >= 11 is 0. The second-order valence-electron chi connectivity index (χ2n) is 6.17. The summed E-state index contributed by atoms with van der Waals surface area (Å²) in [4.78, 5) is 17.2. The Morgan fingerprint density at radius 2 is 1.96 bits per heavy atom. The number of benzene rings is 2. The van der Waals surface area contributed by atoms with Gasteiger partial charge in [-0.1, -0.05) is 30.3 Å². The van der Waals surface area contributed by atoms with Crippen LogP contribution in [0.2, 0.25) is 0 Å². The quantitative estimate of drug-likeness (QED) is 0.699. The van der Waals surface area contributed by atoms with E-state index in [0.29, 0.717) is 5.75 Å². The van der Waals surface area contributed by atoms with Gasteiger partial charge in [-0.05, 0) is 23.8 Å². The third-order valence-corrected chi connectivity index (χ3v) is 4.37. The number of methoxy groups -OCH3 is 2. The van der Waals surface area contributed by atoms with Gasteiger partial charge in [0, 0.05) is 25.0 Å². The predicted molar refractivity (Wildman–Crippen MR) is 103 cm³/mol. The molecule has 140 valence electrons. The maximum Gasteiger partial charge on any atom is 0.225 e. The molecule has 0 aliphatic rings. The van der Waals surface area contributed by atoms with E-state index >= 15 is 0 Å². The van der Waals surface area contributed by atoms with Gasteiger partial charge in [0.1, 0.15) is 23.4 Å². The Labute approximate surface area is 158 Å². The van der Waals surface area contributed by atoms with Gasteiger partial charge in [-0.25, -0.2) is 4.98 Å². The third kappa shape index (κ3) is 4.28. The molecule has 0 aliphatic carbocycles. The molecule has 0 saturated carbocycles. The van der Waals surface area contributed by atoms with Gasteiger partial charge in [0.15, 0.2) is 0 Å². The van der Waals surface area contributed by atoms with Crippen molar-refractivity contribution < 1.29 is 14.3 Å². The summed E-state index contributed by atoms with van der Waals surface area (Å²) in [6.45, 7) is 0. The van der Waals surface area contributed by atoms with Gasteiger partial charge in [0.2, 0.25) is 5.91 Å². The molecular weight excluding hydrogens is 342 g/mol. The Kier molecular flexibility index (Phi) is 5.76. The Morgan fingerprint density at radius 3 is 2.67 bits per heavy atom. The summed E-state index contributed by atoms with van der Waals surface area (Å²) in [5.74, 6) is 2.05. The van der Waals surface area contributed by atoms with E-state index in [0.717, 1.165) is 22.7 Å². The molecule has 0 aliphatic heterocycles. The van der Waals surface area contributed by atoms with Gasteiger partial charge in [-0.15, -0.1) is 0 Å². The predicted octanol–water partition coefficient (Wildman–Crippen LogP) is 2.89. The molecule has 0 fully saturated rings. The average molecular weight is 365 g/mol. The third-order valence-electron chi connectivity index (χ3n) is 4.37. The molecule has 1 amide bonds. The molecule has 1 aromatic heterocycles. The molecule has 1 N–H and O–H groups in total. The van der Waals surface area contributed by atoms with Crippen molar-refractivity contribution in [3.63, 3.8) is 0 Å². The number of carbonyl (C=O) groups excluding carboxylic acids is 1. The van der Waals surface area contributed by atoms with Crippen LogP contribution in [0.1, 0.15) is 23.0 Å². The van der Waals surface area contributed by atoms with E-state index in [1.54, 1.807) is 20.4 Å². The molecule has 0 radical (unpaired) electrons. The number of imidazole rings is 1. The standard InChI is InChI=1S/C21H23N3O3/c1-24-12-11-22-21(24)20(17-9-4-5-10-18(17)27-3)23-19(25)14-15-7-6-8-16(13-15)26-2/h4-13,20H,14H2,1-3H3,(H,23,25)/t20-/m1/s1. The zero-order valence-corrected chi connectivity index (χ0v) is 15.7. The summed E-state index contributed by atoms with van der Waals surface area (Å²) in [7, 11) is 5.13. The van der Waals surface area contributed by atoms with Gasteiger partial charge in [-0.2, -0.15) is 0 Å². The number of ether oxygens (including phenoxy) is 2. The highest BCUT2D eigenvalue weighted by Gasteiger charge is 2.23. The van der Waals surface area contributed by atoms with Gasteiger partial charge in [0.25, 0.3) is 0 Å². The highest BCUT2D eigenvalue weighted by molar-refractivity contribution is 5.79. The Bertz CT molecular complexity index is 920. The van der Waals surface area contributed by atoms with Gasteiger partial charge < -0.3 is 19.4 Å². The number of nitrogens with zero attached hydrogens (tertiary/aromatic N) is 2. The zero-order chi connectivity index (χ0) is 19.2. The summed E-state index contributed by atoms with van der Waals surface area (Å²) < 4.78 is 12.6. The molecule has 6 nitrogen and oxygen atoms in total. The van der Waals surface area contributed by atoms with Crippen molar-refractivity contribution in [2.24, 2.45) is 7.05 Å². The van der Waals surface area contributed by atoms with Crippen LogP contribution in [0.5, 0.6) is 11.5 Å². The molecule has 0 bridgehead atoms. The van der Waals surface area contributed by atoms with Gasteiger partial charge >= 0.3 is 0 Å². The van der Waals surface area contributed by atoms with Crippen LogP contribution >= 0.6 is 0 Å². The highest BCUT2D eigenvalue weighted by Crippen LogP contribution is 2.29. The normalized spacial score (nSPS) is 11.7. The smallest absolute Gasteiger partial charge is 0.225 e. The summed E-state index contributed by atoms with van der Waals surface area (Å²) in [5.41, 5.74) is 1.73. The molecule has 3 rings (SSSR count). The maximum absolute atomic E-state index is 12.8. The molecule has 27 heavy (non-hydrogen) atoms. The number of para-hydroxylation sites is 1. The van der Waals surface area contributed by atoms with E-state index in [4.69, 9.17) is 9.47 Å². The van der Waals surface area contributed by atoms with Crippen LogP contribution in [0.15, 0.2) is 60.9 Å². The number of carbonyl (C=O) groups is 1. The van der Waals surface area contributed by atoms with E-state index in [1.807, 2.05) is 66.3 Å². The molecule has 0 spiro atoms. The first-order valence-electron chi connectivity index (χ1n) is 8.64. The lowest BCUT2D eigenvalue weighted by Gasteiger charge is -2.21. The second kappa shape index (κ2) is 8.40. The fourth-order valence-electron chi connectivity index (χ4n) is 3.02. The molecular formula is C21H23N3O3. The molecule has 0 unspecified atom stereocenters. The Morgan fingerprint density at radius 1 is 1.15 bits per heavy atom. The molecule has 0 saturated heterocycles. The number of hydrogen-bond donors (Lipinski definition) is 1. The van der Waals surface area contributed by atoms with Crippen molar-refractivity contribution in [3.05, 3.63) is 77.9 Å². The van der Waals surface area contributed by atoms with Crippen molar-refractivity contribution in [1.29, 1.82) is 0 Å². The van der Waals surface area contributed by atoms with Crippen LogP contribution in [0.4, 0.5) is 0 Å². The van der Waals surface area contributed by atoms with E-state index in [9.17, 15) is 4.79 Å². The lowest BCUT2D eigenvalue weighted by Crippen LogP contribution is -2.32. The van der Waals surface area contributed by atoms with Crippen molar-refractivity contribution in [3.8, 4) is 11.5 Å². The minimum absolute atomic E-state index is 0.109. The molecule has 3 aromatic rings. The maximum atomic E-state index is 12.8. The molecule has 6 heteroatoms. The zero-order valence-electron chi connectivity index (χ0n) is 15.7. The van der Waals surface area contributed by atoms with Crippen molar-refractivity contribution in [2.75, 3.05) is 14.2 Å². The number of hydrogen-bond acceptors (Lipinski definition) is 4. The SMILES string of the molecule is COc1cccc(CC(=O)N[C@H](c2ccccc2OC)c2nccn2C)c1. The first-order valence-corrected chi connectivity index (χ1v) is 8.64. The van der Waals surface area contributed by atoms with E-state index in [-0.39, 0.29) is 12.3 Å². The largest absolute Gasteiger partial charge is 0.497 e. The first kappa shape index (κ1) is 18.5. The Balaban J connectivity index is 1.87. The molecule has 1 heterocycles. The number of aromatic nitrogens is 2. The topological polar surface area (TPSA) is 65.4 Å². The second-order valence-corrected chi connectivity index (χ2v) is 6.17. The monoisotopic (exact) mass is 365 g/mol. The van der Waals surface area contributed by atoms with Crippen LogP contribution in [0.3, 0.4) is 0 Å². The van der Waals surface area contributed by atoms with E-state index in [2.05, 4.69) is 10.3 Å². The van der Waals surface area contributed by atoms with Crippen LogP contribution in [0, 0.1) is 0 Å². The van der Waals surface area contributed by atoms with E-state index < -0.39 is 6.04 Å². The van der Waals surface area contributed by atoms with Gasteiger partial charge in [0.05, 0.1) is 20.6 Å². The fraction of sp³-hybridized carbons (Fsp3) is 0.238. The lowest BCUT2D eigenvalue weighted by molar-refractivity contribution is -0.121. The summed E-state index contributed by atoms with van der Waals surface area (Å²) in [5, 5.41) is 3.09. The average Bonchev–Trinajstić information content (AvgIpc) is 3.12. The molecule has 2 aromatic carbocycles. The first-order chi connectivity index (χ1) is 13.1. The fourth-order valence-corrected chi connectivity index (χ4v) is 3.02. The number of amides is 1. The molecule has 1 atom stereocenters. The van der Waals surface area contributed by atoms with Crippen molar-refractivity contribution in [2.45, 2.75) is 12.5 Å². The number of rotatable bonds is 7. The summed E-state index contributed by atoms with van der Waals surface area (Å²) in [6.07, 6.45) is 3.81.